The molecule has 0 saturated carbocycles. The summed E-state index contributed by atoms with van der Waals surface area (Å²) in [4.78, 5) is 24.7. The van der Waals surface area contributed by atoms with E-state index in [-0.39, 0.29) is 29.2 Å². The van der Waals surface area contributed by atoms with Crippen molar-refractivity contribution in [1.29, 1.82) is 0 Å². The van der Waals surface area contributed by atoms with Crippen molar-refractivity contribution in [1.82, 2.24) is 10.7 Å². The van der Waals surface area contributed by atoms with E-state index in [1.165, 1.54) is 61.9 Å². The standard InChI is InChI=1S/C29H31ClN4O7S/c1-39-24-12-14-27(15-13-24)42(37,38)34(23-8-6-22(30)7-9-23)19-28(35)33-32-17-21-4-10-25(11-5-21)41-20-29(36)31-18-26-3-2-16-40-26/h4-15,17,26H,2-3,16,18-20H2,1H3,(H,31,36)(H,33,35)/b32-17+. The first-order valence-corrected chi connectivity index (χ1v) is 14.9. The van der Waals surface area contributed by atoms with Gasteiger partial charge in [0, 0.05) is 18.2 Å². The second-order valence-electron chi connectivity index (χ2n) is 9.25. The Morgan fingerprint density at radius 1 is 1.02 bits per heavy atom. The van der Waals surface area contributed by atoms with E-state index in [1.54, 1.807) is 24.3 Å². The number of anilines is 1. The van der Waals surface area contributed by atoms with E-state index in [9.17, 15) is 18.0 Å². The van der Waals surface area contributed by atoms with Crippen LogP contribution in [0.15, 0.2) is 82.8 Å². The van der Waals surface area contributed by atoms with Crippen molar-refractivity contribution in [3.8, 4) is 11.5 Å². The number of hydrogen-bond acceptors (Lipinski definition) is 8. The van der Waals surface area contributed by atoms with Gasteiger partial charge in [-0.15, -0.1) is 0 Å². The van der Waals surface area contributed by atoms with Crippen molar-refractivity contribution in [2.24, 2.45) is 5.10 Å². The Hall–Kier alpha value is -4.13. The summed E-state index contributed by atoms with van der Waals surface area (Å²) >= 11 is 5.98. The third kappa shape index (κ3) is 8.68. The van der Waals surface area contributed by atoms with Gasteiger partial charge < -0.3 is 19.5 Å². The molecule has 42 heavy (non-hydrogen) atoms. The fourth-order valence-corrected chi connectivity index (χ4v) is 5.57. The van der Waals surface area contributed by atoms with Crippen LogP contribution in [-0.2, 0) is 24.3 Å². The van der Waals surface area contributed by atoms with Crippen LogP contribution in [0.2, 0.25) is 5.02 Å². The molecule has 0 bridgehead atoms. The zero-order valence-corrected chi connectivity index (χ0v) is 24.4. The van der Waals surface area contributed by atoms with Gasteiger partial charge in [-0.05, 0) is 91.2 Å². The number of halogens is 1. The summed E-state index contributed by atoms with van der Waals surface area (Å²) in [6.45, 7) is 0.535. The van der Waals surface area contributed by atoms with E-state index in [0.29, 0.717) is 28.6 Å². The number of hydrazone groups is 1. The lowest BCUT2D eigenvalue weighted by molar-refractivity contribution is -0.123. The minimum absolute atomic E-state index is 0.0165. The zero-order valence-electron chi connectivity index (χ0n) is 22.9. The number of hydrogen-bond donors (Lipinski definition) is 2. The lowest BCUT2D eigenvalue weighted by atomic mass is 10.2. The molecule has 3 aromatic carbocycles. The Morgan fingerprint density at radius 3 is 2.36 bits per heavy atom. The Morgan fingerprint density at radius 2 is 1.71 bits per heavy atom. The predicted molar refractivity (Wildman–Crippen MR) is 159 cm³/mol. The molecule has 2 N–H and O–H groups in total. The number of benzene rings is 3. The molecule has 1 aliphatic heterocycles. The summed E-state index contributed by atoms with van der Waals surface area (Å²) in [6, 6.07) is 18.7. The van der Waals surface area contributed by atoms with E-state index in [0.717, 1.165) is 23.8 Å². The molecule has 1 heterocycles. The molecule has 4 rings (SSSR count). The van der Waals surface area contributed by atoms with Gasteiger partial charge in [-0.1, -0.05) is 11.6 Å². The van der Waals surface area contributed by atoms with E-state index in [4.69, 9.17) is 25.8 Å². The smallest absolute Gasteiger partial charge is 0.264 e. The molecule has 0 spiro atoms. The number of nitrogens with zero attached hydrogens (tertiary/aromatic N) is 2. The molecule has 13 heteroatoms. The van der Waals surface area contributed by atoms with Crippen molar-refractivity contribution in [2.45, 2.75) is 23.8 Å². The average molecular weight is 615 g/mol. The van der Waals surface area contributed by atoms with Crippen LogP contribution in [0.25, 0.3) is 0 Å². The maximum absolute atomic E-state index is 13.5. The number of nitrogens with one attached hydrogen (secondary N) is 2. The summed E-state index contributed by atoms with van der Waals surface area (Å²) < 4.78 is 44.0. The number of carbonyl (C=O) groups is 2. The fraction of sp³-hybridized carbons (Fsp3) is 0.276. The molecule has 0 radical (unpaired) electrons. The lowest BCUT2D eigenvalue weighted by Gasteiger charge is -2.23. The quantitative estimate of drug-likeness (QED) is 0.223. The number of methoxy groups -OCH3 is 1. The van der Waals surface area contributed by atoms with E-state index < -0.39 is 22.5 Å². The number of amides is 2. The van der Waals surface area contributed by atoms with Crippen LogP contribution in [0, 0.1) is 0 Å². The molecule has 1 aliphatic rings. The van der Waals surface area contributed by atoms with Gasteiger partial charge in [0.2, 0.25) is 0 Å². The van der Waals surface area contributed by atoms with Gasteiger partial charge in [0.25, 0.3) is 21.8 Å². The zero-order chi connectivity index (χ0) is 30.0. The summed E-state index contributed by atoms with van der Waals surface area (Å²) in [6.07, 6.45) is 3.41. The molecule has 3 aromatic rings. The van der Waals surface area contributed by atoms with Crippen LogP contribution < -0.4 is 24.5 Å². The SMILES string of the molecule is COc1ccc(S(=O)(=O)N(CC(=O)N/N=C/c2ccc(OCC(=O)NCC3CCCO3)cc2)c2ccc(Cl)cc2)cc1. The van der Waals surface area contributed by atoms with Crippen molar-refractivity contribution in [3.63, 3.8) is 0 Å². The second kappa shape index (κ2) is 14.7. The van der Waals surface area contributed by atoms with Crippen molar-refractivity contribution >= 4 is 45.3 Å². The molecule has 1 unspecified atom stereocenters. The molecule has 0 aromatic heterocycles. The van der Waals surface area contributed by atoms with E-state index in [2.05, 4.69) is 15.8 Å². The van der Waals surface area contributed by atoms with E-state index in [1.807, 2.05) is 0 Å². The van der Waals surface area contributed by atoms with Gasteiger partial charge in [-0.3, -0.25) is 13.9 Å². The normalized spacial score (nSPS) is 14.9. The van der Waals surface area contributed by atoms with Crippen molar-refractivity contribution in [2.75, 3.05) is 37.7 Å². The van der Waals surface area contributed by atoms with Gasteiger partial charge in [0.1, 0.15) is 18.0 Å². The van der Waals surface area contributed by atoms with Crippen LogP contribution in [0.5, 0.6) is 11.5 Å². The monoisotopic (exact) mass is 614 g/mol. The molecule has 1 atom stereocenters. The Labute approximate surface area is 249 Å². The molecule has 1 saturated heterocycles. The molecule has 2 amide bonds. The second-order valence-corrected chi connectivity index (χ2v) is 11.6. The maximum Gasteiger partial charge on any atom is 0.264 e. The van der Waals surface area contributed by atoms with Crippen LogP contribution >= 0.6 is 11.6 Å². The van der Waals surface area contributed by atoms with Crippen LogP contribution in [0.4, 0.5) is 5.69 Å². The Kier molecular flexibility index (Phi) is 10.8. The molecule has 0 aliphatic carbocycles. The largest absolute Gasteiger partial charge is 0.497 e. The number of ether oxygens (including phenoxy) is 3. The number of sulfonamides is 1. The number of rotatable bonds is 13. The molecule has 222 valence electrons. The summed E-state index contributed by atoms with van der Waals surface area (Å²) in [5.41, 5.74) is 3.26. The fourth-order valence-electron chi connectivity index (χ4n) is 4.02. The topological polar surface area (TPSA) is 136 Å². The van der Waals surface area contributed by atoms with Gasteiger partial charge >= 0.3 is 0 Å². The van der Waals surface area contributed by atoms with Crippen molar-refractivity contribution in [3.05, 3.63) is 83.4 Å². The molecule has 1 fully saturated rings. The third-order valence-electron chi connectivity index (χ3n) is 6.25. The van der Waals surface area contributed by atoms with Crippen LogP contribution in [-0.4, -0.2) is 66.0 Å². The van der Waals surface area contributed by atoms with E-state index >= 15 is 0 Å². The highest BCUT2D eigenvalue weighted by Gasteiger charge is 2.27. The van der Waals surface area contributed by atoms with Crippen LogP contribution in [0.1, 0.15) is 18.4 Å². The number of carbonyl (C=O) groups excluding carboxylic acids is 2. The summed E-state index contributed by atoms with van der Waals surface area (Å²) in [5, 5.41) is 7.16. The first-order chi connectivity index (χ1) is 20.2. The highest BCUT2D eigenvalue weighted by Crippen LogP contribution is 2.26. The first kappa shape index (κ1) is 30.8. The highest BCUT2D eigenvalue weighted by molar-refractivity contribution is 7.92. The molecule has 11 nitrogen and oxygen atoms in total. The summed E-state index contributed by atoms with van der Waals surface area (Å²) in [7, 11) is -2.64. The first-order valence-electron chi connectivity index (χ1n) is 13.1. The third-order valence-corrected chi connectivity index (χ3v) is 8.29. The van der Waals surface area contributed by atoms with Crippen LogP contribution in [0.3, 0.4) is 0 Å². The molecular formula is C29H31ClN4O7S. The Bertz CT molecular complexity index is 1480. The minimum Gasteiger partial charge on any atom is -0.497 e. The Balaban J connectivity index is 1.33. The lowest BCUT2D eigenvalue weighted by Crippen LogP contribution is -2.39. The van der Waals surface area contributed by atoms with Gasteiger partial charge in [-0.2, -0.15) is 5.10 Å². The van der Waals surface area contributed by atoms with Gasteiger partial charge in [0.05, 0.1) is 30.0 Å². The average Bonchev–Trinajstić information content (AvgIpc) is 3.53. The summed E-state index contributed by atoms with van der Waals surface area (Å²) in [5.74, 6) is 0.0906. The predicted octanol–water partition coefficient (Wildman–Crippen LogP) is 3.37. The highest BCUT2D eigenvalue weighted by atomic mass is 35.5. The maximum atomic E-state index is 13.5. The minimum atomic E-state index is -4.12. The molecular weight excluding hydrogens is 584 g/mol. The van der Waals surface area contributed by atoms with Crippen molar-refractivity contribution < 1.29 is 32.2 Å². The van der Waals surface area contributed by atoms with Gasteiger partial charge in [0.15, 0.2) is 6.61 Å². The van der Waals surface area contributed by atoms with Gasteiger partial charge in [-0.25, -0.2) is 13.8 Å².